The zero-order valence-corrected chi connectivity index (χ0v) is 30.8. The molecule has 2 aliphatic rings. The SMILES string of the molecule is CCC1CCC(c2ccc(-c3cnc(-c4ccc(C[C@H](NC(=O)c5ccc(C(C)(C)C)s5)C(=O)N5CC(C(N)=NC)C5)cc4)nc3)cc2)CC1. The minimum absolute atomic E-state index is 0.0484. The Hall–Kier alpha value is -4.37. The number of benzene rings is 2. The average Bonchev–Trinajstić information content (AvgIpc) is 3.63. The van der Waals surface area contributed by atoms with E-state index in [4.69, 9.17) is 5.73 Å². The van der Waals surface area contributed by atoms with Gasteiger partial charge in [-0.3, -0.25) is 14.6 Å². The van der Waals surface area contributed by atoms with Crippen molar-refractivity contribution in [2.24, 2.45) is 22.6 Å². The number of hydrogen-bond donors (Lipinski definition) is 2. The zero-order chi connectivity index (χ0) is 35.4. The number of amidine groups is 1. The lowest BCUT2D eigenvalue weighted by Crippen LogP contribution is -2.60. The third kappa shape index (κ3) is 8.15. The number of aliphatic imine (C=N–C) groups is 1. The van der Waals surface area contributed by atoms with Gasteiger partial charge in [-0.2, -0.15) is 0 Å². The standard InChI is InChI=1S/C41H50N6O2S/c1-6-26-7-11-28(12-8-26)29-15-17-30(18-16-29)32-22-44-38(45-23-32)31-13-9-27(10-14-31)21-34(40(49)47-24-33(25-47)37(42)43-5)46-39(48)35-19-20-36(50-35)41(2,3)4/h9-10,13-20,22-23,26,28,33-34H,6-8,11-12,21,24-25H2,1-5H3,(H2,42,43)(H,46,48)/t26?,28?,34-/m0/s1. The summed E-state index contributed by atoms with van der Waals surface area (Å²) in [5.74, 6) is 2.44. The summed E-state index contributed by atoms with van der Waals surface area (Å²) in [5.41, 5.74) is 11.3. The highest BCUT2D eigenvalue weighted by Gasteiger charge is 2.37. The maximum Gasteiger partial charge on any atom is 0.262 e. The number of aromatic nitrogens is 2. The van der Waals surface area contributed by atoms with Crippen molar-refractivity contribution in [2.45, 2.75) is 83.6 Å². The van der Waals surface area contributed by atoms with Crippen LogP contribution < -0.4 is 11.1 Å². The van der Waals surface area contributed by atoms with Crippen molar-refractivity contribution in [1.29, 1.82) is 0 Å². The summed E-state index contributed by atoms with van der Waals surface area (Å²) in [7, 11) is 1.66. The van der Waals surface area contributed by atoms with Crippen LogP contribution in [-0.2, 0) is 16.6 Å². The number of nitrogens with one attached hydrogen (secondary N) is 1. The lowest BCUT2D eigenvalue weighted by Gasteiger charge is -2.40. The first kappa shape index (κ1) is 35.5. The van der Waals surface area contributed by atoms with Crippen LogP contribution in [0, 0.1) is 11.8 Å². The summed E-state index contributed by atoms with van der Waals surface area (Å²) in [4.78, 5) is 44.0. The molecule has 4 aromatic rings. The molecule has 3 heterocycles. The summed E-state index contributed by atoms with van der Waals surface area (Å²) in [5, 5.41) is 3.04. The van der Waals surface area contributed by atoms with Crippen molar-refractivity contribution in [2.75, 3.05) is 20.1 Å². The van der Waals surface area contributed by atoms with E-state index in [0.717, 1.165) is 33.0 Å². The molecule has 2 fully saturated rings. The predicted octanol–water partition coefficient (Wildman–Crippen LogP) is 7.64. The summed E-state index contributed by atoms with van der Waals surface area (Å²) >= 11 is 1.47. The summed E-state index contributed by atoms with van der Waals surface area (Å²) < 4.78 is 0. The Morgan fingerprint density at radius 1 is 0.920 bits per heavy atom. The molecule has 1 aliphatic heterocycles. The highest BCUT2D eigenvalue weighted by atomic mass is 32.1. The van der Waals surface area contributed by atoms with E-state index in [9.17, 15) is 9.59 Å². The number of carbonyl (C=O) groups excluding carboxylic acids is 2. The van der Waals surface area contributed by atoms with E-state index in [0.29, 0.717) is 42.0 Å². The fourth-order valence-corrected chi connectivity index (χ4v) is 8.01. The zero-order valence-electron chi connectivity index (χ0n) is 30.0. The number of nitrogens with two attached hydrogens (primary N) is 1. The van der Waals surface area contributed by atoms with Gasteiger partial charge in [-0.25, -0.2) is 9.97 Å². The molecule has 3 N–H and O–H groups in total. The molecule has 0 spiro atoms. The van der Waals surface area contributed by atoms with Crippen molar-refractivity contribution >= 4 is 29.0 Å². The third-order valence-electron chi connectivity index (χ3n) is 10.5. The highest BCUT2D eigenvalue weighted by Crippen LogP contribution is 2.37. The van der Waals surface area contributed by atoms with Crippen molar-refractivity contribution in [1.82, 2.24) is 20.2 Å². The number of carbonyl (C=O) groups is 2. The molecule has 1 aliphatic carbocycles. The number of amides is 2. The van der Waals surface area contributed by atoms with Crippen LogP contribution in [-0.4, -0.2) is 58.7 Å². The van der Waals surface area contributed by atoms with Crippen LogP contribution in [0.5, 0.6) is 0 Å². The van der Waals surface area contributed by atoms with E-state index < -0.39 is 6.04 Å². The van der Waals surface area contributed by atoms with Gasteiger partial charge in [0.2, 0.25) is 5.91 Å². The molecule has 6 rings (SSSR count). The van der Waals surface area contributed by atoms with Gasteiger partial charge in [-0.1, -0.05) is 82.6 Å². The van der Waals surface area contributed by atoms with Gasteiger partial charge in [-0.05, 0) is 71.8 Å². The summed E-state index contributed by atoms with van der Waals surface area (Å²) in [6.45, 7) is 9.68. The largest absolute Gasteiger partial charge is 0.387 e. The van der Waals surface area contributed by atoms with Gasteiger partial charge in [0.25, 0.3) is 5.91 Å². The molecule has 0 unspecified atom stereocenters. The van der Waals surface area contributed by atoms with Gasteiger partial charge >= 0.3 is 0 Å². The molecule has 8 nitrogen and oxygen atoms in total. The molecular weight excluding hydrogens is 641 g/mol. The molecule has 0 bridgehead atoms. The molecule has 1 saturated carbocycles. The lowest BCUT2D eigenvalue weighted by molar-refractivity contribution is -0.138. The molecule has 9 heteroatoms. The second-order valence-electron chi connectivity index (χ2n) is 15.0. The fourth-order valence-electron chi connectivity index (χ4n) is 7.04. The molecule has 0 radical (unpaired) electrons. The minimum Gasteiger partial charge on any atom is -0.387 e. The van der Waals surface area contributed by atoms with Crippen molar-refractivity contribution in [3.63, 3.8) is 0 Å². The lowest BCUT2D eigenvalue weighted by atomic mass is 9.78. The van der Waals surface area contributed by atoms with Crippen LogP contribution in [0.1, 0.15) is 91.4 Å². The van der Waals surface area contributed by atoms with Gasteiger partial charge in [-0.15, -0.1) is 11.3 Å². The Morgan fingerprint density at radius 2 is 1.56 bits per heavy atom. The topological polar surface area (TPSA) is 114 Å². The smallest absolute Gasteiger partial charge is 0.262 e. The first-order valence-electron chi connectivity index (χ1n) is 18.0. The van der Waals surface area contributed by atoms with Crippen LogP contribution in [0.15, 0.2) is 78.0 Å². The number of thiophene rings is 1. The monoisotopic (exact) mass is 690 g/mol. The summed E-state index contributed by atoms with van der Waals surface area (Å²) in [6.07, 6.45) is 10.7. The Balaban J connectivity index is 1.12. The Labute approximate surface area is 300 Å². The number of rotatable bonds is 10. The predicted molar refractivity (Wildman–Crippen MR) is 203 cm³/mol. The minimum atomic E-state index is -0.720. The van der Waals surface area contributed by atoms with Crippen LogP contribution in [0.2, 0.25) is 0 Å². The van der Waals surface area contributed by atoms with Gasteiger partial charge in [0, 0.05) is 55.0 Å². The average molecular weight is 691 g/mol. The van der Waals surface area contributed by atoms with E-state index in [1.54, 1.807) is 11.9 Å². The van der Waals surface area contributed by atoms with E-state index in [2.05, 4.69) is 72.2 Å². The van der Waals surface area contributed by atoms with Crippen molar-refractivity contribution in [3.05, 3.63) is 93.9 Å². The van der Waals surface area contributed by atoms with Crippen LogP contribution in [0.4, 0.5) is 0 Å². The molecule has 2 aromatic carbocycles. The maximum absolute atomic E-state index is 13.7. The van der Waals surface area contributed by atoms with Gasteiger partial charge in [0.05, 0.1) is 10.8 Å². The molecule has 50 heavy (non-hydrogen) atoms. The van der Waals surface area contributed by atoms with Crippen LogP contribution in [0.3, 0.4) is 0 Å². The Morgan fingerprint density at radius 3 is 2.14 bits per heavy atom. The summed E-state index contributed by atoms with van der Waals surface area (Å²) in [6, 6.07) is 20.0. The molecule has 2 amide bonds. The normalized spacial score (nSPS) is 19.1. The number of nitrogens with zero attached hydrogens (tertiary/aromatic N) is 4. The molecular formula is C41H50N6O2S. The fraction of sp³-hybridized carbons (Fsp3) is 0.439. The van der Waals surface area contributed by atoms with Gasteiger partial charge in [0.1, 0.15) is 11.9 Å². The van der Waals surface area contributed by atoms with E-state index in [1.165, 1.54) is 49.0 Å². The highest BCUT2D eigenvalue weighted by molar-refractivity contribution is 7.14. The molecule has 262 valence electrons. The second kappa shape index (κ2) is 15.3. The van der Waals surface area contributed by atoms with Crippen molar-refractivity contribution in [3.8, 4) is 22.5 Å². The van der Waals surface area contributed by atoms with E-state index in [1.807, 2.05) is 48.8 Å². The van der Waals surface area contributed by atoms with Crippen LogP contribution in [0.25, 0.3) is 22.5 Å². The van der Waals surface area contributed by atoms with Gasteiger partial charge < -0.3 is 16.0 Å². The first-order chi connectivity index (χ1) is 24.0. The van der Waals surface area contributed by atoms with Crippen LogP contribution >= 0.6 is 11.3 Å². The molecule has 1 atom stereocenters. The maximum atomic E-state index is 13.7. The van der Waals surface area contributed by atoms with Gasteiger partial charge in [0.15, 0.2) is 5.82 Å². The Kier molecular flexibility index (Phi) is 10.8. The van der Waals surface area contributed by atoms with E-state index >= 15 is 0 Å². The molecule has 1 saturated heterocycles. The van der Waals surface area contributed by atoms with Crippen molar-refractivity contribution < 1.29 is 9.59 Å². The number of hydrogen-bond acceptors (Lipinski definition) is 6. The first-order valence-corrected chi connectivity index (χ1v) is 18.8. The quantitative estimate of drug-likeness (QED) is 0.131. The van der Waals surface area contributed by atoms with E-state index in [-0.39, 0.29) is 23.1 Å². The second-order valence-corrected chi connectivity index (χ2v) is 16.1. The molecule has 2 aromatic heterocycles. The Bertz CT molecular complexity index is 1790. The number of likely N-dealkylation sites (tertiary alicyclic amines) is 1. The third-order valence-corrected chi connectivity index (χ3v) is 12.0.